The van der Waals surface area contributed by atoms with Crippen LogP contribution in [0.2, 0.25) is 0 Å². The van der Waals surface area contributed by atoms with Gasteiger partial charge in [0, 0.05) is 39.1 Å². The lowest BCUT2D eigenvalue weighted by Gasteiger charge is -2.32. The van der Waals surface area contributed by atoms with Crippen molar-refractivity contribution in [1.29, 1.82) is 0 Å². The van der Waals surface area contributed by atoms with E-state index in [2.05, 4.69) is 5.32 Å². The van der Waals surface area contributed by atoms with Gasteiger partial charge in [-0.25, -0.2) is 9.59 Å². The predicted octanol–water partition coefficient (Wildman–Crippen LogP) is 1.43. The van der Waals surface area contributed by atoms with Crippen molar-refractivity contribution in [3.63, 3.8) is 0 Å². The van der Waals surface area contributed by atoms with Crippen LogP contribution in [0, 0.1) is 0 Å². The first-order valence-corrected chi connectivity index (χ1v) is 7.85. The van der Waals surface area contributed by atoms with E-state index in [0.29, 0.717) is 32.6 Å². The van der Waals surface area contributed by atoms with Gasteiger partial charge in [-0.15, -0.1) is 0 Å². The normalized spacial score (nSPS) is 26.0. The smallest absolute Gasteiger partial charge is 0.410 e. The zero-order valence-corrected chi connectivity index (χ0v) is 14.0. The van der Waals surface area contributed by atoms with Crippen LogP contribution in [0.5, 0.6) is 0 Å². The van der Waals surface area contributed by atoms with Crippen LogP contribution in [0.25, 0.3) is 0 Å². The van der Waals surface area contributed by atoms with Crippen LogP contribution in [0.15, 0.2) is 0 Å². The lowest BCUT2D eigenvalue weighted by molar-refractivity contribution is -0.00208. The van der Waals surface area contributed by atoms with Crippen molar-refractivity contribution in [2.45, 2.75) is 45.3 Å². The standard InChI is InChI=1S/C15H27N3O4/c1-14(2,3)21-13(20)18-8-5-15(4,11-18)22-12(19)17-9-6-16-7-10-17/h16H,5-11H2,1-4H3. The maximum absolute atomic E-state index is 12.2. The van der Waals surface area contributed by atoms with Crippen LogP contribution in [-0.4, -0.2) is 72.5 Å². The molecule has 0 aromatic carbocycles. The Hall–Kier alpha value is -1.50. The van der Waals surface area contributed by atoms with Crippen molar-refractivity contribution >= 4 is 12.2 Å². The van der Waals surface area contributed by atoms with Crippen LogP contribution in [0.1, 0.15) is 34.1 Å². The van der Waals surface area contributed by atoms with E-state index >= 15 is 0 Å². The third-order valence-electron chi connectivity index (χ3n) is 3.80. The molecule has 0 spiro atoms. The van der Waals surface area contributed by atoms with Gasteiger partial charge in [0.1, 0.15) is 11.2 Å². The summed E-state index contributed by atoms with van der Waals surface area (Å²) in [4.78, 5) is 27.6. The van der Waals surface area contributed by atoms with Gasteiger partial charge in [-0.3, -0.25) is 0 Å². The molecular weight excluding hydrogens is 286 g/mol. The third kappa shape index (κ3) is 4.50. The fourth-order valence-electron chi connectivity index (χ4n) is 2.62. The summed E-state index contributed by atoms with van der Waals surface area (Å²) in [6.45, 7) is 11.2. The highest BCUT2D eigenvalue weighted by atomic mass is 16.6. The van der Waals surface area contributed by atoms with Gasteiger partial charge in [0.25, 0.3) is 0 Å². The summed E-state index contributed by atoms with van der Waals surface area (Å²) in [5.41, 5.74) is -1.16. The SMILES string of the molecule is CC(C)(C)OC(=O)N1CCC(C)(OC(=O)N2CCNCC2)C1. The molecule has 126 valence electrons. The zero-order valence-electron chi connectivity index (χ0n) is 14.0. The van der Waals surface area contributed by atoms with Crippen LogP contribution in [0.4, 0.5) is 9.59 Å². The maximum Gasteiger partial charge on any atom is 0.410 e. The highest BCUT2D eigenvalue weighted by Crippen LogP contribution is 2.27. The minimum absolute atomic E-state index is 0.296. The van der Waals surface area contributed by atoms with Crippen LogP contribution in [0.3, 0.4) is 0 Å². The minimum atomic E-state index is -0.640. The number of ether oxygens (including phenoxy) is 2. The average molecular weight is 313 g/mol. The van der Waals surface area contributed by atoms with Gasteiger partial charge in [-0.1, -0.05) is 0 Å². The van der Waals surface area contributed by atoms with Crippen molar-refractivity contribution in [2.75, 3.05) is 39.3 Å². The van der Waals surface area contributed by atoms with E-state index in [1.807, 2.05) is 27.7 Å². The van der Waals surface area contributed by atoms with Crippen LogP contribution >= 0.6 is 0 Å². The molecule has 2 amide bonds. The summed E-state index contributed by atoms with van der Waals surface area (Å²) in [6.07, 6.45) is -0.0196. The number of rotatable bonds is 1. The molecule has 2 saturated heterocycles. The van der Waals surface area contributed by atoms with Gasteiger partial charge in [-0.2, -0.15) is 0 Å². The summed E-state index contributed by atoms with van der Waals surface area (Å²) in [6, 6.07) is 0. The largest absolute Gasteiger partial charge is 0.444 e. The van der Waals surface area contributed by atoms with E-state index in [4.69, 9.17) is 9.47 Å². The molecule has 0 bridgehead atoms. The fourth-order valence-corrected chi connectivity index (χ4v) is 2.62. The number of hydrogen-bond acceptors (Lipinski definition) is 5. The molecule has 2 aliphatic heterocycles. The zero-order chi connectivity index (χ0) is 16.4. The predicted molar refractivity (Wildman–Crippen MR) is 81.8 cm³/mol. The quantitative estimate of drug-likeness (QED) is 0.793. The average Bonchev–Trinajstić information content (AvgIpc) is 2.80. The maximum atomic E-state index is 12.2. The first-order chi connectivity index (χ1) is 10.2. The summed E-state index contributed by atoms with van der Waals surface area (Å²) in [5.74, 6) is 0. The Labute approximate surface area is 131 Å². The Morgan fingerprint density at radius 2 is 1.68 bits per heavy atom. The highest BCUT2D eigenvalue weighted by Gasteiger charge is 2.41. The van der Waals surface area contributed by atoms with E-state index in [9.17, 15) is 9.59 Å². The van der Waals surface area contributed by atoms with Crippen molar-refractivity contribution in [1.82, 2.24) is 15.1 Å². The number of carbonyl (C=O) groups is 2. The number of hydrogen-bond donors (Lipinski definition) is 1. The number of nitrogens with one attached hydrogen (secondary N) is 1. The van der Waals surface area contributed by atoms with Crippen LogP contribution < -0.4 is 5.32 Å². The highest BCUT2D eigenvalue weighted by molar-refractivity contribution is 5.70. The van der Waals surface area contributed by atoms with Gasteiger partial charge in [-0.05, 0) is 27.7 Å². The summed E-state index contributed by atoms with van der Waals surface area (Å²) in [5, 5.41) is 3.20. The molecular formula is C15H27N3O4. The fraction of sp³-hybridized carbons (Fsp3) is 0.867. The number of amides is 2. The first kappa shape index (κ1) is 16.9. The van der Waals surface area contributed by atoms with E-state index in [0.717, 1.165) is 13.1 Å². The number of carbonyl (C=O) groups excluding carboxylic acids is 2. The second-order valence-electron chi connectivity index (χ2n) is 7.21. The van der Waals surface area contributed by atoms with E-state index in [1.54, 1.807) is 9.80 Å². The molecule has 1 atom stereocenters. The van der Waals surface area contributed by atoms with Crippen molar-refractivity contribution in [3.8, 4) is 0 Å². The Morgan fingerprint density at radius 3 is 2.27 bits per heavy atom. The molecule has 0 aromatic rings. The molecule has 1 N–H and O–H groups in total. The Bertz CT molecular complexity index is 429. The number of likely N-dealkylation sites (tertiary alicyclic amines) is 1. The molecule has 7 nitrogen and oxygen atoms in total. The molecule has 0 radical (unpaired) electrons. The van der Waals surface area contributed by atoms with Gasteiger partial charge < -0.3 is 24.6 Å². The summed E-state index contributed by atoms with van der Waals surface area (Å²) in [7, 11) is 0. The van der Waals surface area contributed by atoms with Crippen molar-refractivity contribution in [3.05, 3.63) is 0 Å². The van der Waals surface area contributed by atoms with E-state index < -0.39 is 11.2 Å². The molecule has 2 heterocycles. The molecule has 0 aromatic heterocycles. The molecule has 2 rings (SSSR count). The topological polar surface area (TPSA) is 71.1 Å². The lowest BCUT2D eigenvalue weighted by atomic mass is 10.1. The summed E-state index contributed by atoms with van der Waals surface area (Å²) < 4.78 is 11.0. The second-order valence-corrected chi connectivity index (χ2v) is 7.21. The van der Waals surface area contributed by atoms with Gasteiger partial charge in [0.2, 0.25) is 0 Å². The Kier molecular flexibility index (Phi) is 4.84. The van der Waals surface area contributed by atoms with Gasteiger partial charge in [0.15, 0.2) is 0 Å². The number of nitrogens with zero attached hydrogens (tertiary/aromatic N) is 2. The molecule has 1 unspecified atom stereocenters. The second kappa shape index (κ2) is 6.32. The monoisotopic (exact) mass is 313 g/mol. The molecule has 0 saturated carbocycles. The molecule has 22 heavy (non-hydrogen) atoms. The summed E-state index contributed by atoms with van der Waals surface area (Å²) >= 11 is 0. The Balaban J connectivity index is 1.87. The van der Waals surface area contributed by atoms with E-state index in [-0.39, 0.29) is 12.2 Å². The van der Waals surface area contributed by atoms with Gasteiger partial charge >= 0.3 is 12.2 Å². The molecule has 0 aliphatic carbocycles. The lowest BCUT2D eigenvalue weighted by Crippen LogP contribution is -2.49. The van der Waals surface area contributed by atoms with E-state index in [1.165, 1.54) is 0 Å². The first-order valence-electron chi connectivity index (χ1n) is 7.85. The minimum Gasteiger partial charge on any atom is -0.444 e. The molecule has 2 aliphatic rings. The molecule has 7 heteroatoms. The Morgan fingerprint density at radius 1 is 1.05 bits per heavy atom. The van der Waals surface area contributed by atoms with Gasteiger partial charge in [0.05, 0.1) is 6.54 Å². The van der Waals surface area contributed by atoms with Crippen molar-refractivity contribution < 1.29 is 19.1 Å². The third-order valence-corrected chi connectivity index (χ3v) is 3.80. The molecule has 2 fully saturated rings. The van der Waals surface area contributed by atoms with Crippen molar-refractivity contribution in [2.24, 2.45) is 0 Å². The number of piperazine rings is 1. The van der Waals surface area contributed by atoms with Crippen LogP contribution in [-0.2, 0) is 9.47 Å².